The molecule has 1 fully saturated rings. The molecule has 1 aromatic heterocycles. The molecular weight excluding hydrogens is 286 g/mol. The van der Waals surface area contributed by atoms with E-state index in [1.54, 1.807) is 4.57 Å². The molecular formula is C19H17N3O. The van der Waals surface area contributed by atoms with Gasteiger partial charge in [0.1, 0.15) is 6.54 Å². The Morgan fingerprint density at radius 3 is 2.48 bits per heavy atom. The summed E-state index contributed by atoms with van der Waals surface area (Å²) in [6.45, 7) is 0.851. The number of nitrogens with zero attached hydrogens (tertiary/aromatic N) is 3. The molecule has 23 heavy (non-hydrogen) atoms. The highest BCUT2D eigenvalue weighted by Gasteiger charge is 2.24. The quantitative estimate of drug-likeness (QED) is 0.741. The minimum absolute atomic E-state index is 0.0707. The van der Waals surface area contributed by atoms with Crippen LogP contribution in [-0.4, -0.2) is 9.13 Å². The van der Waals surface area contributed by atoms with Gasteiger partial charge in [-0.2, -0.15) is 5.26 Å². The summed E-state index contributed by atoms with van der Waals surface area (Å²) in [5.74, 6) is 0.614. The van der Waals surface area contributed by atoms with Crippen LogP contribution in [0.4, 0.5) is 0 Å². The first-order valence-corrected chi connectivity index (χ1v) is 7.93. The first-order chi connectivity index (χ1) is 11.3. The highest BCUT2D eigenvalue weighted by atomic mass is 16.1. The Hall–Kier alpha value is -2.80. The Kier molecular flexibility index (Phi) is 3.27. The van der Waals surface area contributed by atoms with Crippen LogP contribution in [0, 0.1) is 17.2 Å². The van der Waals surface area contributed by atoms with Crippen molar-refractivity contribution in [2.45, 2.75) is 25.9 Å². The zero-order valence-corrected chi connectivity index (χ0v) is 12.8. The molecule has 1 aliphatic carbocycles. The topological polar surface area (TPSA) is 50.7 Å². The van der Waals surface area contributed by atoms with Crippen molar-refractivity contribution >= 4 is 11.0 Å². The van der Waals surface area contributed by atoms with Gasteiger partial charge in [-0.3, -0.25) is 9.13 Å². The van der Waals surface area contributed by atoms with Crippen LogP contribution in [-0.2, 0) is 13.1 Å². The van der Waals surface area contributed by atoms with Gasteiger partial charge in [-0.1, -0.05) is 36.4 Å². The van der Waals surface area contributed by atoms with Crippen LogP contribution >= 0.6 is 0 Å². The molecule has 114 valence electrons. The van der Waals surface area contributed by atoms with Crippen LogP contribution in [0.5, 0.6) is 0 Å². The molecule has 0 N–H and O–H groups in total. The van der Waals surface area contributed by atoms with E-state index in [-0.39, 0.29) is 12.2 Å². The molecule has 0 aliphatic heterocycles. The average Bonchev–Trinajstić information content (AvgIpc) is 3.37. The van der Waals surface area contributed by atoms with E-state index in [1.165, 1.54) is 12.8 Å². The fourth-order valence-electron chi connectivity index (χ4n) is 3.09. The van der Waals surface area contributed by atoms with Gasteiger partial charge < -0.3 is 0 Å². The number of aromatic nitrogens is 2. The molecule has 4 heteroatoms. The Balaban J connectivity index is 1.91. The lowest BCUT2D eigenvalue weighted by Gasteiger charge is -2.04. The van der Waals surface area contributed by atoms with Gasteiger partial charge in [-0.15, -0.1) is 0 Å². The van der Waals surface area contributed by atoms with Gasteiger partial charge in [0, 0.05) is 6.54 Å². The largest absolute Gasteiger partial charge is 0.330 e. The van der Waals surface area contributed by atoms with E-state index < -0.39 is 0 Å². The van der Waals surface area contributed by atoms with Crippen molar-refractivity contribution in [3.8, 4) is 17.2 Å². The van der Waals surface area contributed by atoms with Gasteiger partial charge in [0.25, 0.3) is 0 Å². The highest BCUT2D eigenvalue weighted by molar-refractivity contribution is 5.82. The average molecular weight is 303 g/mol. The number of hydrogen-bond acceptors (Lipinski definition) is 2. The van der Waals surface area contributed by atoms with E-state index in [4.69, 9.17) is 5.26 Å². The lowest BCUT2D eigenvalue weighted by atomic mass is 10.1. The minimum atomic E-state index is -0.0707. The zero-order chi connectivity index (χ0) is 15.8. The third-order valence-electron chi connectivity index (χ3n) is 4.49. The molecule has 0 unspecified atom stereocenters. The Morgan fingerprint density at radius 2 is 1.78 bits per heavy atom. The molecule has 2 aromatic carbocycles. The summed E-state index contributed by atoms with van der Waals surface area (Å²) in [6, 6.07) is 18.3. The fraction of sp³-hybridized carbons (Fsp3) is 0.263. The first-order valence-electron chi connectivity index (χ1n) is 7.93. The van der Waals surface area contributed by atoms with Crippen LogP contribution in [0.2, 0.25) is 0 Å². The molecule has 1 aliphatic rings. The molecule has 0 atom stereocenters. The van der Waals surface area contributed by atoms with Crippen molar-refractivity contribution in [3.63, 3.8) is 0 Å². The standard InChI is InChI=1S/C19H17N3O/c20-10-11-21-18-12-16(15-4-2-1-3-5-15)8-9-17(18)22(19(21)23)13-14-6-7-14/h1-5,8-9,12,14H,6-7,11,13H2. The summed E-state index contributed by atoms with van der Waals surface area (Å²) in [5, 5.41) is 9.07. The summed E-state index contributed by atoms with van der Waals surface area (Å²) in [5.41, 5.74) is 3.88. The fourth-order valence-corrected chi connectivity index (χ4v) is 3.09. The smallest absolute Gasteiger partial charge is 0.292 e. The molecule has 4 rings (SSSR count). The number of rotatable bonds is 4. The summed E-state index contributed by atoms with van der Waals surface area (Å²) in [7, 11) is 0. The van der Waals surface area contributed by atoms with Gasteiger partial charge in [-0.05, 0) is 42.0 Å². The van der Waals surface area contributed by atoms with Crippen molar-refractivity contribution in [1.82, 2.24) is 9.13 Å². The third-order valence-corrected chi connectivity index (χ3v) is 4.49. The van der Waals surface area contributed by atoms with Crippen molar-refractivity contribution in [2.24, 2.45) is 5.92 Å². The van der Waals surface area contributed by atoms with E-state index in [0.717, 1.165) is 28.7 Å². The zero-order valence-electron chi connectivity index (χ0n) is 12.8. The van der Waals surface area contributed by atoms with Crippen molar-refractivity contribution in [2.75, 3.05) is 0 Å². The number of hydrogen-bond donors (Lipinski definition) is 0. The molecule has 1 heterocycles. The predicted octanol–water partition coefficient (Wildman–Crippen LogP) is 3.40. The van der Waals surface area contributed by atoms with Gasteiger partial charge in [-0.25, -0.2) is 4.79 Å². The Bertz CT molecular complexity index is 956. The molecule has 4 nitrogen and oxygen atoms in total. The van der Waals surface area contributed by atoms with Crippen LogP contribution in [0.1, 0.15) is 12.8 Å². The normalized spacial score (nSPS) is 14.0. The molecule has 3 aromatic rings. The highest BCUT2D eigenvalue weighted by Crippen LogP contribution is 2.32. The van der Waals surface area contributed by atoms with E-state index >= 15 is 0 Å². The van der Waals surface area contributed by atoms with Gasteiger partial charge in [0.2, 0.25) is 0 Å². The van der Waals surface area contributed by atoms with Crippen LogP contribution in [0.25, 0.3) is 22.2 Å². The summed E-state index contributed by atoms with van der Waals surface area (Å²) in [4.78, 5) is 12.7. The van der Waals surface area contributed by atoms with Gasteiger partial charge in [0.15, 0.2) is 0 Å². The lowest BCUT2D eigenvalue weighted by Crippen LogP contribution is -2.24. The monoisotopic (exact) mass is 303 g/mol. The first kappa shape index (κ1) is 13.8. The minimum Gasteiger partial charge on any atom is -0.292 e. The summed E-state index contributed by atoms with van der Waals surface area (Å²) < 4.78 is 3.42. The van der Waals surface area contributed by atoms with Gasteiger partial charge >= 0.3 is 5.69 Å². The number of benzene rings is 2. The molecule has 0 amide bonds. The maximum absolute atomic E-state index is 12.7. The van der Waals surface area contributed by atoms with E-state index in [0.29, 0.717) is 5.92 Å². The second kappa shape index (κ2) is 5.44. The molecule has 0 spiro atoms. The molecule has 0 saturated heterocycles. The summed E-state index contributed by atoms with van der Waals surface area (Å²) in [6.07, 6.45) is 2.39. The Labute approximate surface area is 134 Å². The number of fused-ring (bicyclic) bond motifs is 1. The SMILES string of the molecule is N#CCn1c(=O)n(CC2CC2)c2ccc(-c3ccccc3)cc21. The lowest BCUT2D eigenvalue weighted by molar-refractivity contribution is 0.603. The maximum atomic E-state index is 12.7. The van der Waals surface area contributed by atoms with E-state index in [9.17, 15) is 4.79 Å². The second-order valence-corrected chi connectivity index (χ2v) is 6.15. The van der Waals surface area contributed by atoms with E-state index in [1.807, 2.05) is 34.9 Å². The molecule has 0 bridgehead atoms. The third kappa shape index (κ3) is 2.44. The van der Waals surface area contributed by atoms with Crippen molar-refractivity contribution < 1.29 is 0 Å². The summed E-state index contributed by atoms with van der Waals surface area (Å²) >= 11 is 0. The van der Waals surface area contributed by atoms with E-state index in [2.05, 4.69) is 24.3 Å². The molecule has 1 saturated carbocycles. The van der Waals surface area contributed by atoms with Crippen LogP contribution in [0.15, 0.2) is 53.3 Å². The maximum Gasteiger partial charge on any atom is 0.330 e. The van der Waals surface area contributed by atoms with Crippen molar-refractivity contribution in [3.05, 3.63) is 59.0 Å². The number of imidazole rings is 1. The van der Waals surface area contributed by atoms with Crippen molar-refractivity contribution in [1.29, 1.82) is 5.26 Å². The Morgan fingerprint density at radius 1 is 1.00 bits per heavy atom. The predicted molar refractivity (Wildman–Crippen MR) is 90.0 cm³/mol. The number of nitriles is 1. The van der Waals surface area contributed by atoms with Crippen LogP contribution < -0.4 is 5.69 Å². The van der Waals surface area contributed by atoms with Gasteiger partial charge in [0.05, 0.1) is 17.1 Å². The second-order valence-electron chi connectivity index (χ2n) is 6.15. The van der Waals surface area contributed by atoms with Crippen LogP contribution in [0.3, 0.4) is 0 Å². The molecule has 0 radical (unpaired) electrons.